The van der Waals surface area contributed by atoms with Gasteiger partial charge in [0.1, 0.15) is 0 Å². The lowest BCUT2D eigenvalue weighted by Gasteiger charge is -2.30. The molecule has 0 saturated heterocycles. The van der Waals surface area contributed by atoms with E-state index in [0.29, 0.717) is 12.0 Å². The average Bonchev–Trinajstić information content (AvgIpc) is 3.75. The molecule has 0 bridgehead atoms. The third kappa shape index (κ3) is 3.74. The lowest BCUT2D eigenvalue weighted by atomic mass is 9.87. The Balaban J connectivity index is 1.10. The molecule has 0 amide bonds. The smallest absolute Gasteiger partial charge is 0.0626 e. The molecule has 3 aliphatic rings. The quantitative estimate of drug-likeness (QED) is 0.198. The van der Waals surface area contributed by atoms with Crippen LogP contribution in [0.3, 0.4) is 0 Å². The van der Waals surface area contributed by atoms with Crippen LogP contribution in [0.25, 0.3) is 58.8 Å². The van der Waals surface area contributed by atoms with Crippen LogP contribution in [0.2, 0.25) is 0 Å². The number of aromatic nitrogens is 1. The Hall–Kier alpha value is -5.12. The number of benzene rings is 5. The van der Waals surface area contributed by atoms with Gasteiger partial charge in [-0.1, -0.05) is 85.0 Å². The molecule has 0 radical (unpaired) electrons. The van der Waals surface area contributed by atoms with E-state index in [1.165, 1.54) is 70.2 Å². The molecule has 0 saturated carbocycles. The van der Waals surface area contributed by atoms with Crippen LogP contribution < -0.4 is 4.90 Å². The van der Waals surface area contributed by atoms with Crippen LogP contribution in [0.15, 0.2) is 157 Å². The van der Waals surface area contributed by atoms with Gasteiger partial charge in [0.15, 0.2) is 0 Å². The monoisotopic (exact) mass is 594 g/mol. The number of rotatable bonds is 3. The number of thiophene rings is 1. The molecule has 2 atom stereocenters. The second-order valence-corrected chi connectivity index (χ2v) is 13.5. The van der Waals surface area contributed by atoms with E-state index in [2.05, 4.69) is 155 Å². The van der Waals surface area contributed by atoms with Gasteiger partial charge in [-0.05, 0) is 90.2 Å². The number of anilines is 1. The lowest BCUT2D eigenvalue weighted by Crippen LogP contribution is -2.32. The van der Waals surface area contributed by atoms with Crippen LogP contribution in [-0.2, 0) is 0 Å². The molecule has 214 valence electrons. The number of hydrogen-bond donors (Lipinski definition) is 0. The standard InChI is InChI=1S/C42H30N2S/c1-5-16-37-31(12-1)32-13-2-6-17-38(32)43(37)29-11-9-10-27(24-29)28-20-22-41-35(25-28)36-26-30(21-23-42(36)45-41)44-39-18-7-3-14-33(39)34-15-4-8-19-40(34)44/h1-3,5-14,16-26,33,39H,4,15H2. The zero-order chi connectivity index (χ0) is 29.5. The highest BCUT2D eigenvalue weighted by atomic mass is 32.1. The van der Waals surface area contributed by atoms with E-state index >= 15 is 0 Å². The van der Waals surface area contributed by atoms with Crippen molar-refractivity contribution in [2.45, 2.75) is 18.9 Å². The van der Waals surface area contributed by atoms with Crippen molar-refractivity contribution in [3.8, 4) is 16.8 Å². The zero-order valence-electron chi connectivity index (χ0n) is 24.7. The fourth-order valence-electron chi connectivity index (χ4n) is 8.00. The van der Waals surface area contributed by atoms with E-state index in [1.54, 1.807) is 5.57 Å². The van der Waals surface area contributed by atoms with Crippen molar-refractivity contribution in [3.63, 3.8) is 0 Å². The Morgan fingerprint density at radius 2 is 1.33 bits per heavy atom. The van der Waals surface area contributed by atoms with E-state index < -0.39 is 0 Å². The Kier molecular flexibility index (Phi) is 5.43. The minimum atomic E-state index is 0.351. The summed E-state index contributed by atoms with van der Waals surface area (Å²) in [7, 11) is 0. The van der Waals surface area contributed by atoms with E-state index in [0.717, 1.165) is 12.8 Å². The molecule has 7 aromatic rings. The molecule has 1 aliphatic heterocycles. The normalized spacial score (nSPS) is 19.0. The summed E-state index contributed by atoms with van der Waals surface area (Å²) in [5, 5.41) is 5.25. The van der Waals surface area contributed by atoms with Crippen molar-refractivity contribution in [2.24, 2.45) is 5.92 Å². The van der Waals surface area contributed by atoms with Crippen LogP contribution in [0.4, 0.5) is 5.69 Å². The predicted molar refractivity (Wildman–Crippen MR) is 193 cm³/mol. The first-order valence-corrected chi connectivity index (χ1v) is 16.7. The number of hydrogen-bond acceptors (Lipinski definition) is 2. The number of fused-ring (bicyclic) bond motifs is 8. The van der Waals surface area contributed by atoms with E-state index in [9.17, 15) is 0 Å². The summed E-state index contributed by atoms with van der Waals surface area (Å²) < 4.78 is 5.08. The maximum absolute atomic E-state index is 2.58. The van der Waals surface area contributed by atoms with Gasteiger partial charge in [-0.3, -0.25) is 0 Å². The van der Waals surface area contributed by atoms with Crippen LogP contribution in [0.1, 0.15) is 12.8 Å². The lowest BCUT2D eigenvalue weighted by molar-refractivity contribution is 0.658. The van der Waals surface area contributed by atoms with Crippen molar-refractivity contribution in [1.82, 2.24) is 4.57 Å². The second-order valence-electron chi connectivity index (χ2n) is 12.4. The molecular weight excluding hydrogens is 565 g/mol. The summed E-state index contributed by atoms with van der Waals surface area (Å²) in [5.41, 5.74) is 10.4. The Morgan fingerprint density at radius 1 is 0.600 bits per heavy atom. The molecule has 10 rings (SSSR count). The number of nitrogens with zero attached hydrogens (tertiary/aromatic N) is 2. The highest BCUT2D eigenvalue weighted by Crippen LogP contribution is 2.46. The summed E-state index contributed by atoms with van der Waals surface area (Å²) in [6.45, 7) is 0. The van der Waals surface area contributed by atoms with Crippen molar-refractivity contribution < 1.29 is 0 Å². The highest BCUT2D eigenvalue weighted by Gasteiger charge is 2.38. The van der Waals surface area contributed by atoms with Gasteiger partial charge in [0.25, 0.3) is 0 Å². The maximum Gasteiger partial charge on any atom is 0.0626 e. The summed E-state index contributed by atoms with van der Waals surface area (Å²) >= 11 is 1.89. The van der Waals surface area contributed by atoms with Gasteiger partial charge >= 0.3 is 0 Å². The minimum absolute atomic E-state index is 0.351. The van der Waals surface area contributed by atoms with E-state index in [4.69, 9.17) is 0 Å². The largest absolute Gasteiger partial charge is 0.334 e. The molecule has 0 fully saturated rings. The first-order valence-electron chi connectivity index (χ1n) is 15.9. The number of para-hydroxylation sites is 2. The molecule has 2 unspecified atom stereocenters. The molecule has 2 nitrogen and oxygen atoms in total. The molecule has 45 heavy (non-hydrogen) atoms. The Bertz CT molecular complexity index is 2410. The highest BCUT2D eigenvalue weighted by molar-refractivity contribution is 7.25. The second kappa shape index (κ2) is 9.69. The van der Waals surface area contributed by atoms with Crippen LogP contribution in [0, 0.1) is 5.92 Å². The molecular formula is C42H30N2S. The van der Waals surface area contributed by atoms with Crippen molar-refractivity contribution in [3.05, 3.63) is 157 Å². The molecule has 2 aromatic heterocycles. The van der Waals surface area contributed by atoms with E-state index in [-0.39, 0.29) is 0 Å². The summed E-state index contributed by atoms with van der Waals surface area (Å²) in [6, 6.07) is 40.9. The third-order valence-corrected chi connectivity index (χ3v) is 11.2. The summed E-state index contributed by atoms with van der Waals surface area (Å²) in [4.78, 5) is 2.58. The first-order chi connectivity index (χ1) is 22.3. The molecule has 3 heterocycles. The van der Waals surface area contributed by atoms with E-state index in [1.807, 2.05) is 11.3 Å². The average molecular weight is 595 g/mol. The zero-order valence-corrected chi connectivity index (χ0v) is 25.5. The summed E-state index contributed by atoms with van der Waals surface area (Å²) in [5.74, 6) is 0.471. The van der Waals surface area contributed by atoms with Crippen LogP contribution in [-0.4, -0.2) is 10.6 Å². The molecule has 5 aromatic carbocycles. The van der Waals surface area contributed by atoms with Gasteiger partial charge in [0, 0.05) is 53.9 Å². The SMILES string of the molecule is C1=CC2C3=C(C=CCC3)N(c3ccc4sc5ccc(-c6cccc(-n7c8ccccc8c8ccccc87)c6)cc5c4c3)C2C=C1. The molecule has 3 heteroatoms. The Labute approximate surface area is 266 Å². The number of allylic oxidation sites excluding steroid dienone is 4. The van der Waals surface area contributed by atoms with Crippen LogP contribution in [0.5, 0.6) is 0 Å². The predicted octanol–water partition coefficient (Wildman–Crippen LogP) is 11.4. The maximum atomic E-state index is 2.58. The van der Waals surface area contributed by atoms with Gasteiger partial charge in [0.2, 0.25) is 0 Å². The van der Waals surface area contributed by atoms with Gasteiger partial charge in [-0.15, -0.1) is 11.3 Å². The van der Waals surface area contributed by atoms with Crippen LogP contribution >= 0.6 is 11.3 Å². The topological polar surface area (TPSA) is 8.17 Å². The van der Waals surface area contributed by atoms with Gasteiger partial charge in [-0.25, -0.2) is 0 Å². The Morgan fingerprint density at radius 3 is 2.18 bits per heavy atom. The summed E-state index contributed by atoms with van der Waals surface area (Å²) in [6.07, 6.45) is 16.2. The molecule has 2 aliphatic carbocycles. The van der Waals surface area contributed by atoms with Gasteiger partial charge in [0.05, 0.1) is 17.1 Å². The molecule has 0 N–H and O–H groups in total. The van der Waals surface area contributed by atoms with Crippen molar-refractivity contribution in [2.75, 3.05) is 4.90 Å². The van der Waals surface area contributed by atoms with Crippen molar-refractivity contribution in [1.29, 1.82) is 0 Å². The fourth-order valence-corrected chi connectivity index (χ4v) is 9.06. The van der Waals surface area contributed by atoms with Crippen molar-refractivity contribution >= 4 is 59.0 Å². The minimum Gasteiger partial charge on any atom is -0.334 e. The fraction of sp³-hybridized carbons (Fsp3) is 0.0952. The molecule has 0 spiro atoms. The van der Waals surface area contributed by atoms with Gasteiger partial charge < -0.3 is 9.47 Å². The third-order valence-electron chi connectivity index (χ3n) is 10.00. The first kappa shape index (κ1) is 25.2. The van der Waals surface area contributed by atoms with Gasteiger partial charge in [-0.2, -0.15) is 0 Å².